The first kappa shape index (κ1) is 23.4. The molecule has 3 rings (SSSR count). The number of nitrogens with one attached hydrogen (secondary N) is 1. The fraction of sp³-hybridized carbons (Fsp3) is 0.300. The molecule has 172 valence electrons. The van der Waals surface area contributed by atoms with Crippen molar-refractivity contribution >= 4 is 33.2 Å². The SMILES string of the molecule is CN(CC(=O)Nc1ccc(OC(F)(F)F)cc1)C(=O)c1ccc(N2CCCS2(=O)=O)cc1. The van der Waals surface area contributed by atoms with E-state index < -0.39 is 33.9 Å². The van der Waals surface area contributed by atoms with Crippen molar-refractivity contribution in [3.8, 4) is 5.75 Å². The lowest BCUT2D eigenvalue weighted by molar-refractivity contribution is -0.274. The van der Waals surface area contributed by atoms with Gasteiger partial charge in [0.15, 0.2) is 0 Å². The summed E-state index contributed by atoms with van der Waals surface area (Å²) in [6, 6.07) is 10.6. The largest absolute Gasteiger partial charge is 0.573 e. The minimum Gasteiger partial charge on any atom is -0.406 e. The summed E-state index contributed by atoms with van der Waals surface area (Å²) in [6.07, 6.45) is -4.27. The van der Waals surface area contributed by atoms with Gasteiger partial charge in [0.25, 0.3) is 5.91 Å². The summed E-state index contributed by atoms with van der Waals surface area (Å²) in [4.78, 5) is 25.9. The van der Waals surface area contributed by atoms with Gasteiger partial charge in [0.05, 0.1) is 18.0 Å². The number of carbonyl (C=O) groups excluding carboxylic acids is 2. The minimum atomic E-state index is -4.81. The van der Waals surface area contributed by atoms with E-state index in [1.807, 2.05) is 0 Å². The normalized spacial score (nSPS) is 15.3. The first-order chi connectivity index (χ1) is 14.9. The van der Waals surface area contributed by atoms with E-state index in [9.17, 15) is 31.2 Å². The molecule has 0 atom stereocenters. The highest BCUT2D eigenvalue weighted by Gasteiger charge is 2.31. The molecule has 0 bridgehead atoms. The lowest BCUT2D eigenvalue weighted by Gasteiger charge is -2.19. The second-order valence-electron chi connectivity index (χ2n) is 7.07. The van der Waals surface area contributed by atoms with Crippen LogP contribution in [0, 0.1) is 0 Å². The van der Waals surface area contributed by atoms with Gasteiger partial charge in [-0.2, -0.15) is 0 Å². The van der Waals surface area contributed by atoms with Crippen LogP contribution in [0.2, 0.25) is 0 Å². The van der Waals surface area contributed by atoms with Crippen molar-refractivity contribution in [1.29, 1.82) is 0 Å². The monoisotopic (exact) mass is 471 g/mol. The Bertz CT molecular complexity index is 1090. The number of nitrogens with zero attached hydrogens (tertiary/aromatic N) is 2. The van der Waals surface area contributed by atoms with E-state index in [2.05, 4.69) is 10.1 Å². The molecule has 1 fully saturated rings. The lowest BCUT2D eigenvalue weighted by atomic mass is 10.2. The highest BCUT2D eigenvalue weighted by Crippen LogP contribution is 2.25. The molecule has 0 aliphatic carbocycles. The standard InChI is InChI=1S/C20H20F3N3O5S/c1-25(13-18(27)24-15-5-9-17(10-6-15)31-20(21,22)23)19(28)14-3-7-16(8-4-14)26-11-2-12-32(26,29)30/h3-10H,2,11-13H2,1H3,(H,24,27). The molecule has 8 nitrogen and oxygen atoms in total. The number of halogens is 3. The molecule has 32 heavy (non-hydrogen) atoms. The minimum absolute atomic E-state index is 0.0869. The number of anilines is 2. The Morgan fingerprint density at radius 3 is 2.25 bits per heavy atom. The zero-order valence-corrected chi connectivity index (χ0v) is 17.7. The molecule has 2 amide bonds. The summed E-state index contributed by atoms with van der Waals surface area (Å²) in [7, 11) is -1.91. The molecule has 0 saturated carbocycles. The fourth-order valence-electron chi connectivity index (χ4n) is 3.15. The molecule has 0 unspecified atom stereocenters. The Kier molecular flexibility index (Phi) is 6.63. The zero-order chi connectivity index (χ0) is 23.5. The van der Waals surface area contributed by atoms with E-state index in [1.54, 1.807) is 0 Å². The number of alkyl halides is 3. The van der Waals surface area contributed by atoms with Crippen molar-refractivity contribution in [2.75, 3.05) is 35.5 Å². The zero-order valence-electron chi connectivity index (χ0n) is 16.9. The number of hydrogen-bond donors (Lipinski definition) is 1. The molecule has 1 N–H and O–H groups in total. The Hall–Kier alpha value is -3.28. The highest BCUT2D eigenvalue weighted by atomic mass is 32.2. The number of sulfonamides is 1. The summed E-state index contributed by atoms with van der Waals surface area (Å²) in [5.74, 6) is -1.34. The smallest absolute Gasteiger partial charge is 0.406 e. The highest BCUT2D eigenvalue weighted by molar-refractivity contribution is 7.93. The summed E-state index contributed by atoms with van der Waals surface area (Å²) < 4.78 is 65.6. The van der Waals surface area contributed by atoms with Gasteiger partial charge in [-0.05, 0) is 55.0 Å². The number of hydrogen-bond acceptors (Lipinski definition) is 5. The van der Waals surface area contributed by atoms with Crippen LogP contribution in [0.25, 0.3) is 0 Å². The third-order valence-electron chi connectivity index (χ3n) is 4.60. The molecule has 2 aromatic carbocycles. The quantitative estimate of drug-likeness (QED) is 0.699. The van der Waals surface area contributed by atoms with Gasteiger partial charge in [0, 0.05) is 24.8 Å². The molecule has 1 aliphatic heterocycles. The number of amides is 2. The van der Waals surface area contributed by atoms with E-state index in [0.717, 1.165) is 17.0 Å². The van der Waals surface area contributed by atoms with Crippen LogP contribution < -0.4 is 14.4 Å². The predicted octanol–water partition coefficient (Wildman–Crippen LogP) is 2.84. The summed E-state index contributed by atoms with van der Waals surface area (Å²) in [5, 5.41) is 2.48. The molecule has 2 aromatic rings. The topological polar surface area (TPSA) is 96.0 Å². The third-order valence-corrected chi connectivity index (χ3v) is 6.47. The van der Waals surface area contributed by atoms with Crippen molar-refractivity contribution in [3.63, 3.8) is 0 Å². The van der Waals surface area contributed by atoms with E-state index in [-0.39, 0.29) is 23.5 Å². The number of carbonyl (C=O) groups is 2. The second kappa shape index (κ2) is 9.07. The molecular weight excluding hydrogens is 451 g/mol. The van der Waals surface area contributed by atoms with Crippen LogP contribution >= 0.6 is 0 Å². The number of ether oxygens (including phenoxy) is 1. The van der Waals surface area contributed by atoms with Gasteiger partial charge in [0.1, 0.15) is 5.75 Å². The molecule has 1 saturated heterocycles. The van der Waals surface area contributed by atoms with Crippen LogP contribution in [-0.4, -0.2) is 57.4 Å². The Balaban J connectivity index is 1.56. The van der Waals surface area contributed by atoms with Crippen molar-refractivity contribution in [3.05, 3.63) is 54.1 Å². The maximum atomic E-state index is 12.6. The van der Waals surface area contributed by atoms with Gasteiger partial charge >= 0.3 is 6.36 Å². The van der Waals surface area contributed by atoms with Gasteiger partial charge in [-0.25, -0.2) is 8.42 Å². The van der Waals surface area contributed by atoms with Crippen LogP contribution in [0.1, 0.15) is 16.8 Å². The summed E-state index contributed by atoms with van der Waals surface area (Å²) >= 11 is 0. The van der Waals surface area contributed by atoms with Crippen molar-refractivity contribution < 1.29 is 35.9 Å². The Morgan fingerprint density at radius 2 is 1.72 bits per heavy atom. The molecule has 0 aromatic heterocycles. The number of rotatable bonds is 6. The molecule has 0 radical (unpaired) electrons. The summed E-state index contributed by atoms with van der Waals surface area (Å²) in [5.41, 5.74) is 0.980. The Labute approximate surface area is 182 Å². The lowest BCUT2D eigenvalue weighted by Crippen LogP contribution is -2.35. The van der Waals surface area contributed by atoms with Crippen LogP contribution in [0.4, 0.5) is 24.5 Å². The van der Waals surface area contributed by atoms with Gasteiger partial charge < -0.3 is 15.0 Å². The van der Waals surface area contributed by atoms with Gasteiger partial charge in [-0.15, -0.1) is 13.2 Å². The first-order valence-electron chi connectivity index (χ1n) is 9.46. The molecule has 12 heteroatoms. The van der Waals surface area contributed by atoms with Crippen LogP contribution in [0.3, 0.4) is 0 Å². The fourth-order valence-corrected chi connectivity index (χ4v) is 4.71. The first-order valence-corrected chi connectivity index (χ1v) is 11.1. The molecule has 0 spiro atoms. The van der Waals surface area contributed by atoms with E-state index in [1.165, 1.54) is 47.8 Å². The Morgan fingerprint density at radius 1 is 1.09 bits per heavy atom. The molecule has 1 heterocycles. The van der Waals surface area contributed by atoms with Gasteiger partial charge in [-0.1, -0.05) is 0 Å². The van der Waals surface area contributed by atoms with Crippen molar-refractivity contribution in [1.82, 2.24) is 4.90 Å². The maximum Gasteiger partial charge on any atom is 0.573 e. The van der Waals surface area contributed by atoms with Gasteiger partial charge in [-0.3, -0.25) is 13.9 Å². The number of benzene rings is 2. The van der Waals surface area contributed by atoms with Crippen LogP contribution in [-0.2, 0) is 14.8 Å². The molecule has 1 aliphatic rings. The van der Waals surface area contributed by atoms with Crippen molar-refractivity contribution in [2.24, 2.45) is 0 Å². The second-order valence-corrected chi connectivity index (χ2v) is 9.08. The predicted molar refractivity (Wildman–Crippen MR) is 111 cm³/mol. The van der Waals surface area contributed by atoms with Crippen molar-refractivity contribution in [2.45, 2.75) is 12.8 Å². The van der Waals surface area contributed by atoms with E-state index >= 15 is 0 Å². The number of likely N-dealkylation sites (N-methyl/N-ethyl adjacent to an activating group) is 1. The van der Waals surface area contributed by atoms with Crippen LogP contribution in [0.15, 0.2) is 48.5 Å². The van der Waals surface area contributed by atoms with Gasteiger partial charge in [0.2, 0.25) is 15.9 Å². The third kappa shape index (κ3) is 5.90. The van der Waals surface area contributed by atoms with E-state index in [0.29, 0.717) is 18.7 Å². The summed E-state index contributed by atoms with van der Waals surface area (Å²) in [6.45, 7) is 0.0842. The average molecular weight is 471 g/mol. The van der Waals surface area contributed by atoms with E-state index in [4.69, 9.17) is 0 Å². The molecular formula is C20H20F3N3O5S. The average Bonchev–Trinajstić information content (AvgIpc) is 3.07. The van der Waals surface area contributed by atoms with Crippen LogP contribution in [0.5, 0.6) is 5.75 Å². The maximum absolute atomic E-state index is 12.6.